The third kappa shape index (κ3) is 4.76. The predicted molar refractivity (Wildman–Crippen MR) is 69.8 cm³/mol. The van der Waals surface area contributed by atoms with E-state index in [1.807, 2.05) is 13.8 Å². The number of rotatable bonds is 7. The van der Waals surface area contributed by atoms with Gasteiger partial charge in [0.25, 0.3) is 10.1 Å². The maximum Gasteiger partial charge on any atom is 0.296 e. The Hall–Kier alpha value is -0.910. The largest absolute Gasteiger partial charge is 0.393 e. The molecule has 1 N–H and O–H groups in total. The first kappa shape index (κ1) is 15.1. The second-order valence-electron chi connectivity index (χ2n) is 4.32. The smallest absolute Gasteiger partial charge is 0.296 e. The van der Waals surface area contributed by atoms with Crippen LogP contribution in [0.3, 0.4) is 0 Å². The number of hydrogen-bond acceptors (Lipinski definition) is 4. The van der Waals surface area contributed by atoms with Crippen LogP contribution in [0.5, 0.6) is 0 Å². The fourth-order valence-electron chi connectivity index (χ4n) is 1.54. The van der Waals surface area contributed by atoms with Crippen molar-refractivity contribution in [1.29, 1.82) is 0 Å². The van der Waals surface area contributed by atoms with Gasteiger partial charge in [-0.2, -0.15) is 8.42 Å². The molecule has 0 bridgehead atoms. The van der Waals surface area contributed by atoms with Gasteiger partial charge in [0, 0.05) is 0 Å². The lowest BCUT2D eigenvalue weighted by Crippen LogP contribution is -2.13. The number of hydrogen-bond donors (Lipinski definition) is 1. The highest BCUT2D eigenvalue weighted by Gasteiger charge is 2.15. The first-order valence-electron chi connectivity index (χ1n) is 6.10. The average Bonchev–Trinajstić information content (AvgIpc) is 2.29. The van der Waals surface area contributed by atoms with E-state index >= 15 is 0 Å². The Bertz CT molecular complexity index is 450. The summed E-state index contributed by atoms with van der Waals surface area (Å²) < 4.78 is 28.4. The summed E-state index contributed by atoms with van der Waals surface area (Å²) in [5, 5.41) is 9.48. The van der Waals surface area contributed by atoms with Crippen LogP contribution in [-0.2, 0) is 14.3 Å². The van der Waals surface area contributed by atoms with Gasteiger partial charge < -0.3 is 5.11 Å². The molecule has 0 aromatic heterocycles. The summed E-state index contributed by atoms with van der Waals surface area (Å²) in [5.74, 6) is 0. The highest BCUT2D eigenvalue weighted by molar-refractivity contribution is 7.86. The van der Waals surface area contributed by atoms with Crippen LogP contribution in [0.25, 0.3) is 0 Å². The summed E-state index contributed by atoms with van der Waals surface area (Å²) >= 11 is 0. The van der Waals surface area contributed by atoms with Crippen LogP contribution in [0, 0.1) is 6.92 Å². The average molecular weight is 272 g/mol. The fourth-order valence-corrected chi connectivity index (χ4v) is 2.47. The van der Waals surface area contributed by atoms with Gasteiger partial charge in [-0.1, -0.05) is 31.0 Å². The molecule has 102 valence electrons. The number of aliphatic hydroxyl groups is 1. The molecule has 1 aromatic rings. The van der Waals surface area contributed by atoms with Gasteiger partial charge in [-0.3, -0.25) is 4.18 Å². The van der Waals surface area contributed by atoms with Crippen molar-refractivity contribution in [3.63, 3.8) is 0 Å². The molecule has 1 aromatic carbocycles. The van der Waals surface area contributed by atoms with Crippen molar-refractivity contribution >= 4 is 10.1 Å². The summed E-state index contributed by atoms with van der Waals surface area (Å²) in [5.41, 5.74) is 0.993. The molecule has 0 aliphatic carbocycles. The zero-order valence-electron chi connectivity index (χ0n) is 10.8. The normalized spacial score (nSPS) is 13.5. The summed E-state index contributed by atoms with van der Waals surface area (Å²) in [6.45, 7) is 3.86. The first-order chi connectivity index (χ1) is 8.45. The minimum absolute atomic E-state index is 0.0113. The second kappa shape index (κ2) is 6.87. The van der Waals surface area contributed by atoms with E-state index in [1.54, 1.807) is 12.1 Å². The summed E-state index contributed by atoms with van der Waals surface area (Å²) in [7, 11) is -3.70. The molecule has 0 heterocycles. The molecule has 0 unspecified atom stereocenters. The van der Waals surface area contributed by atoms with Crippen molar-refractivity contribution < 1.29 is 17.7 Å². The Kier molecular flexibility index (Phi) is 5.78. The summed E-state index contributed by atoms with van der Waals surface area (Å²) in [6, 6.07) is 6.49. The number of aryl methyl sites for hydroxylation is 1. The Balaban J connectivity index is 2.52. The minimum atomic E-state index is -3.70. The molecular weight excluding hydrogens is 252 g/mol. The van der Waals surface area contributed by atoms with E-state index in [-0.39, 0.29) is 11.5 Å². The van der Waals surface area contributed by atoms with Crippen LogP contribution < -0.4 is 0 Å². The van der Waals surface area contributed by atoms with Crippen molar-refractivity contribution in [2.24, 2.45) is 0 Å². The quantitative estimate of drug-likeness (QED) is 0.773. The van der Waals surface area contributed by atoms with Crippen molar-refractivity contribution in [3.05, 3.63) is 29.8 Å². The molecule has 0 amide bonds. The topological polar surface area (TPSA) is 63.6 Å². The molecular formula is C13H20O4S. The van der Waals surface area contributed by atoms with E-state index < -0.39 is 16.2 Å². The third-order valence-electron chi connectivity index (χ3n) is 2.62. The van der Waals surface area contributed by atoms with Crippen LogP contribution in [-0.4, -0.2) is 26.2 Å². The van der Waals surface area contributed by atoms with Crippen molar-refractivity contribution in [2.75, 3.05) is 6.61 Å². The van der Waals surface area contributed by atoms with E-state index in [1.165, 1.54) is 12.1 Å². The second-order valence-corrected chi connectivity index (χ2v) is 5.94. The Labute approximate surface area is 109 Å². The molecule has 0 saturated heterocycles. The van der Waals surface area contributed by atoms with Crippen molar-refractivity contribution in [1.82, 2.24) is 0 Å². The van der Waals surface area contributed by atoms with Gasteiger partial charge in [0.15, 0.2) is 0 Å². The monoisotopic (exact) mass is 272 g/mol. The standard InChI is InChI=1S/C13H20O4S/c1-3-4-12(14)9-10-17-18(15,16)13-7-5-11(2)6-8-13/h5-8,12,14H,3-4,9-10H2,1-2H3/t12-/m0/s1. The highest BCUT2D eigenvalue weighted by atomic mass is 32.2. The van der Waals surface area contributed by atoms with Gasteiger partial charge in [0.05, 0.1) is 17.6 Å². The molecule has 0 aliphatic rings. The fraction of sp³-hybridized carbons (Fsp3) is 0.538. The van der Waals surface area contributed by atoms with E-state index in [0.717, 1.165) is 12.0 Å². The minimum Gasteiger partial charge on any atom is -0.393 e. The Morgan fingerprint density at radius 1 is 1.22 bits per heavy atom. The molecule has 0 radical (unpaired) electrons. The molecule has 0 saturated carbocycles. The molecule has 18 heavy (non-hydrogen) atoms. The van der Waals surface area contributed by atoms with Crippen LogP contribution in [0.2, 0.25) is 0 Å². The lowest BCUT2D eigenvalue weighted by atomic mass is 10.2. The van der Waals surface area contributed by atoms with Gasteiger partial charge in [0.2, 0.25) is 0 Å². The van der Waals surface area contributed by atoms with E-state index in [2.05, 4.69) is 0 Å². The lowest BCUT2D eigenvalue weighted by molar-refractivity contribution is 0.132. The van der Waals surface area contributed by atoms with Gasteiger partial charge in [-0.25, -0.2) is 0 Å². The molecule has 1 atom stereocenters. The van der Waals surface area contributed by atoms with Crippen LogP contribution in [0.1, 0.15) is 31.7 Å². The lowest BCUT2D eigenvalue weighted by Gasteiger charge is -2.09. The SMILES string of the molecule is CCC[C@H](O)CCOS(=O)(=O)c1ccc(C)cc1. The molecule has 0 fully saturated rings. The van der Waals surface area contributed by atoms with Gasteiger partial charge in [-0.05, 0) is 31.9 Å². The third-order valence-corrected chi connectivity index (χ3v) is 3.95. The predicted octanol–water partition coefficient (Wildman–Crippen LogP) is 2.25. The maximum absolute atomic E-state index is 11.8. The zero-order valence-corrected chi connectivity index (χ0v) is 11.6. The number of aliphatic hydroxyl groups excluding tert-OH is 1. The molecule has 1 rings (SSSR count). The van der Waals surface area contributed by atoms with E-state index in [0.29, 0.717) is 12.8 Å². The first-order valence-corrected chi connectivity index (χ1v) is 7.50. The highest BCUT2D eigenvalue weighted by Crippen LogP contribution is 2.14. The van der Waals surface area contributed by atoms with Gasteiger partial charge in [-0.15, -0.1) is 0 Å². The summed E-state index contributed by atoms with van der Waals surface area (Å²) in [4.78, 5) is 0.151. The maximum atomic E-state index is 11.8. The molecule has 4 nitrogen and oxygen atoms in total. The Morgan fingerprint density at radius 3 is 2.39 bits per heavy atom. The van der Waals surface area contributed by atoms with E-state index in [9.17, 15) is 13.5 Å². The Morgan fingerprint density at radius 2 is 1.83 bits per heavy atom. The van der Waals surface area contributed by atoms with Crippen LogP contribution in [0.4, 0.5) is 0 Å². The molecule has 0 aliphatic heterocycles. The molecule has 0 spiro atoms. The van der Waals surface area contributed by atoms with Crippen molar-refractivity contribution in [3.8, 4) is 0 Å². The van der Waals surface area contributed by atoms with Crippen LogP contribution in [0.15, 0.2) is 29.2 Å². The van der Waals surface area contributed by atoms with Gasteiger partial charge >= 0.3 is 0 Å². The molecule has 5 heteroatoms. The van der Waals surface area contributed by atoms with E-state index in [4.69, 9.17) is 4.18 Å². The number of benzene rings is 1. The van der Waals surface area contributed by atoms with Crippen molar-refractivity contribution in [2.45, 2.75) is 44.1 Å². The van der Waals surface area contributed by atoms with Gasteiger partial charge in [0.1, 0.15) is 0 Å². The zero-order chi connectivity index (χ0) is 13.6. The van der Waals surface area contributed by atoms with Crippen LogP contribution >= 0.6 is 0 Å². The summed E-state index contributed by atoms with van der Waals surface area (Å²) in [6.07, 6.45) is 1.36.